The third kappa shape index (κ3) is 2.94. The van der Waals surface area contributed by atoms with Gasteiger partial charge in [0.1, 0.15) is 5.75 Å². The Morgan fingerprint density at radius 1 is 1.38 bits per heavy atom. The first-order valence-electron chi connectivity index (χ1n) is 4.82. The lowest BCUT2D eigenvalue weighted by molar-refractivity contribution is 0.478. The van der Waals surface area contributed by atoms with Gasteiger partial charge in [-0.15, -0.1) is 5.11 Å². The minimum atomic E-state index is 0.0147. The summed E-state index contributed by atoms with van der Waals surface area (Å²) in [5.41, 5.74) is 6.41. The Balaban J connectivity index is 3.01. The number of amidine groups is 1. The fraction of sp³-hybridized carbons (Fsp3) is 0.300. The number of nitrogens with two attached hydrogens (primary N) is 2. The first-order chi connectivity index (χ1) is 7.54. The van der Waals surface area contributed by atoms with Crippen molar-refractivity contribution in [3.8, 4) is 5.75 Å². The highest BCUT2D eigenvalue weighted by atomic mass is 16.3. The van der Waals surface area contributed by atoms with Gasteiger partial charge in [-0.1, -0.05) is 0 Å². The van der Waals surface area contributed by atoms with Gasteiger partial charge >= 0.3 is 0 Å². The van der Waals surface area contributed by atoms with Crippen LogP contribution in [0.5, 0.6) is 5.75 Å². The normalized spacial score (nSPS) is 12.6. The lowest BCUT2D eigenvalue weighted by Crippen LogP contribution is -2.02. The largest absolute Gasteiger partial charge is 0.506 e. The first-order valence-corrected chi connectivity index (χ1v) is 4.82. The van der Waals surface area contributed by atoms with Crippen molar-refractivity contribution in [1.29, 1.82) is 0 Å². The molecular weight excluding hydrogens is 206 g/mol. The fourth-order valence-corrected chi connectivity index (χ4v) is 1.02. The molecule has 16 heavy (non-hydrogen) atoms. The van der Waals surface area contributed by atoms with Gasteiger partial charge in [-0.25, -0.2) is 0 Å². The van der Waals surface area contributed by atoms with Crippen LogP contribution in [0.2, 0.25) is 0 Å². The van der Waals surface area contributed by atoms with Gasteiger partial charge in [0.25, 0.3) is 0 Å². The van der Waals surface area contributed by atoms with Gasteiger partial charge in [0.15, 0.2) is 5.84 Å². The quantitative estimate of drug-likeness (QED) is 0.134. The highest BCUT2D eigenvalue weighted by Gasteiger charge is 2.05. The predicted octanol–water partition coefficient (Wildman–Crippen LogP) is 1.46. The number of hydrogen-bond donors (Lipinski definition) is 3. The molecule has 6 heteroatoms. The Hall–Kier alpha value is -2.11. The summed E-state index contributed by atoms with van der Waals surface area (Å²) < 4.78 is 0. The number of aromatic hydroxyl groups is 1. The van der Waals surface area contributed by atoms with Gasteiger partial charge in [-0.3, -0.25) is 0 Å². The van der Waals surface area contributed by atoms with Gasteiger partial charge < -0.3 is 16.7 Å². The van der Waals surface area contributed by atoms with E-state index in [2.05, 4.69) is 15.3 Å². The summed E-state index contributed by atoms with van der Waals surface area (Å²) in [7, 11) is 0. The number of hydrazone groups is 1. The molecule has 0 amide bonds. The average Bonchev–Trinajstić information content (AvgIpc) is 2.23. The van der Waals surface area contributed by atoms with E-state index in [0.717, 1.165) is 0 Å². The zero-order valence-electron chi connectivity index (χ0n) is 9.25. The minimum Gasteiger partial charge on any atom is -0.506 e. The van der Waals surface area contributed by atoms with Crippen molar-refractivity contribution in [2.75, 3.05) is 5.73 Å². The Morgan fingerprint density at radius 3 is 2.56 bits per heavy atom. The molecule has 0 saturated carbocycles. The van der Waals surface area contributed by atoms with Crippen LogP contribution in [-0.2, 0) is 0 Å². The molecule has 0 unspecified atom stereocenters. The second kappa shape index (κ2) is 5.11. The van der Waals surface area contributed by atoms with Gasteiger partial charge in [0.05, 0.1) is 11.7 Å². The number of azo groups is 1. The fourth-order valence-electron chi connectivity index (χ4n) is 1.02. The summed E-state index contributed by atoms with van der Waals surface area (Å²) in [6, 6.07) is 4.68. The molecule has 1 aromatic carbocycles. The highest BCUT2D eigenvalue weighted by molar-refractivity contribution is 5.99. The molecule has 0 aliphatic carbocycles. The van der Waals surface area contributed by atoms with Gasteiger partial charge in [-0.05, 0) is 32.0 Å². The van der Waals surface area contributed by atoms with Crippen LogP contribution in [0.15, 0.2) is 33.5 Å². The molecule has 0 atom stereocenters. The predicted molar refractivity (Wildman–Crippen MR) is 63.2 cm³/mol. The van der Waals surface area contributed by atoms with Crippen molar-refractivity contribution in [1.82, 2.24) is 0 Å². The summed E-state index contributed by atoms with van der Waals surface area (Å²) in [5, 5.41) is 20.6. The minimum absolute atomic E-state index is 0.0147. The van der Waals surface area contributed by atoms with Gasteiger partial charge in [0.2, 0.25) is 0 Å². The lowest BCUT2D eigenvalue weighted by atomic mass is 10.2. The Bertz CT molecular complexity index is 425. The number of hydrogen-bond acceptors (Lipinski definition) is 5. The van der Waals surface area contributed by atoms with Crippen LogP contribution < -0.4 is 11.6 Å². The first kappa shape index (κ1) is 12.0. The molecule has 1 rings (SSSR count). The maximum absolute atomic E-state index is 9.27. The van der Waals surface area contributed by atoms with Crippen LogP contribution in [0.4, 0.5) is 5.69 Å². The van der Waals surface area contributed by atoms with Crippen LogP contribution in [0.3, 0.4) is 0 Å². The molecule has 0 spiro atoms. The van der Waals surface area contributed by atoms with E-state index in [4.69, 9.17) is 11.6 Å². The van der Waals surface area contributed by atoms with E-state index in [9.17, 15) is 5.11 Å². The van der Waals surface area contributed by atoms with E-state index in [1.165, 1.54) is 6.07 Å². The van der Waals surface area contributed by atoms with Crippen LogP contribution in [-0.4, -0.2) is 17.0 Å². The molecule has 5 N–H and O–H groups in total. The van der Waals surface area contributed by atoms with E-state index >= 15 is 0 Å². The summed E-state index contributed by atoms with van der Waals surface area (Å²) >= 11 is 0. The standard InChI is InChI=1S/C10H15N5O/c1-6(2)14-15-10(13-12)7-3-4-9(16)8(11)5-7/h3-6,16H,11-12H2,1-2H3. The topological polar surface area (TPSA) is 109 Å². The Kier molecular flexibility index (Phi) is 3.82. The SMILES string of the molecule is CC(C)N=NC(=NN)c1ccc(O)c(N)c1. The lowest BCUT2D eigenvalue weighted by Gasteiger charge is -2.02. The zero-order valence-corrected chi connectivity index (χ0v) is 9.25. The van der Waals surface area contributed by atoms with Crippen molar-refractivity contribution in [2.24, 2.45) is 21.2 Å². The number of rotatable bonds is 2. The van der Waals surface area contributed by atoms with Crippen molar-refractivity contribution in [2.45, 2.75) is 19.9 Å². The van der Waals surface area contributed by atoms with Gasteiger partial charge in [0, 0.05) is 5.56 Å². The third-order valence-electron chi connectivity index (χ3n) is 1.79. The van der Waals surface area contributed by atoms with Crippen molar-refractivity contribution in [3.63, 3.8) is 0 Å². The number of benzene rings is 1. The molecular formula is C10H15N5O. The molecule has 0 aromatic heterocycles. The molecule has 0 aliphatic rings. The molecule has 1 aromatic rings. The van der Waals surface area contributed by atoms with E-state index in [-0.39, 0.29) is 23.3 Å². The average molecular weight is 221 g/mol. The molecule has 0 radical (unpaired) electrons. The van der Waals surface area contributed by atoms with E-state index in [0.29, 0.717) is 5.56 Å². The van der Waals surface area contributed by atoms with E-state index < -0.39 is 0 Å². The smallest absolute Gasteiger partial charge is 0.200 e. The van der Waals surface area contributed by atoms with Crippen molar-refractivity contribution >= 4 is 11.5 Å². The number of anilines is 1. The molecule has 0 fully saturated rings. The number of nitrogens with zero attached hydrogens (tertiary/aromatic N) is 3. The summed E-state index contributed by atoms with van der Waals surface area (Å²) in [5.74, 6) is 5.50. The molecule has 0 bridgehead atoms. The molecule has 86 valence electrons. The molecule has 0 heterocycles. The van der Waals surface area contributed by atoms with E-state index in [1.54, 1.807) is 12.1 Å². The summed E-state index contributed by atoms with van der Waals surface area (Å²) in [6.07, 6.45) is 0. The number of nitrogen functional groups attached to an aromatic ring is 1. The summed E-state index contributed by atoms with van der Waals surface area (Å²) in [4.78, 5) is 0. The van der Waals surface area contributed by atoms with Crippen LogP contribution >= 0.6 is 0 Å². The maximum Gasteiger partial charge on any atom is 0.200 e. The molecule has 6 nitrogen and oxygen atoms in total. The Morgan fingerprint density at radius 2 is 2.06 bits per heavy atom. The maximum atomic E-state index is 9.27. The van der Waals surface area contributed by atoms with Crippen molar-refractivity contribution in [3.05, 3.63) is 23.8 Å². The zero-order chi connectivity index (χ0) is 12.1. The monoisotopic (exact) mass is 221 g/mol. The summed E-state index contributed by atoms with van der Waals surface area (Å²) in [6.45, 7) is 3.78. The number of phenols is 1. The van der Waals surface area contributed by atoms with Crippen molar-refractivity contribution < 1.29 is 5.11 Å². The second-order valence-corrected chi connectivity index (χ2v) is 3.54. The van der Waals surface area contributed by atoms with E-state index in [1.807, 2.05) is 13.8 Å². The molecule has 0 saturated heterocycles. The van der Waals surface area contributed by atoms with Crippen LogP contribution in [0.25, 0.3) is 0 Å². The Labute approximate surface area is 93.7 Å². The van der Waals surface area contributed by atoms with Gasteiger partial charge in [-0.2, -0.15) is 10.2 Å². The van der Waals surface area contributed by atoms with Crippen LogP contribution in [0, 0.1) is 0 Å². The molecule has 0 aliphatic heterocycles. The van der Waals surface area contributed by atoms with Crippen LogP contribution in [0.1, 0.15) is 19.4 Å². The second-order valence-electron chi connectivity index (χ2n) is 3.54. The number of phenolic OH excluding ortho intramolecular Hbond substituents is 1. The highest BCUT2D eigenvalue weighted by Crippen LogP contribution is 2.21. The third-order valence-corrected chi connectivity index (χ3v) is 1.79.